The topological polar surface area (TPSA) is 38.1 Å². The normalized spacial score (nSPS) is 11.4. The van der Waals surface area contributed by atoms with E-state index in [0.717, 1.165) is 6.07 Å². The van der Waals surface area contributed by atoms with Gasteiger partial charge in [-0.15, -0.1) is 17.9 Å². The zero-order chi connectivity index (χ0) is 20.1. The van der Waals surface area contributed by atoms with Crippen LogP contribution in [0.5, 0.6) is 0 Å². The fraction of sp³-hybridized carbons (Fsp3) is 0.200. The Bertz CT molecular complexity index is 948. The molecule has 2 aromatic heterocycles. The van der Waals surface area contributed by atoms with Crippen molar-refractivity contribution in [3.63, 3.8) is 0 Å². The van der Waals surface area contributed by atoms with Crippen LogP contribution in [0, 0.1) is 0 Å². The molecule has 1 aromatic carbocycles. The van der Waals surface area contributed by atoms with Crippen molar-refractivity contribution >= 4 is 17.2 Å². The molecule has 8 heteroatoms. The quantitative estimate of drug-likeness (QED) is 0.528. The summed E-state index contributed by atoms with van der Waals surface area (Å²) >= 11 is 1.33. The Balaban J connectivity index is 1.84. The summed E-state index contributed by atoms with van der Waals surface area (Å²) in [4.78, 5) is 19.1. The first-order valence-corrected chi connectivity index (χ1v) is 9.37. The average Bonchev–Trinajstić information content (AvgIpc) is 3.33. The van der Waals surface area contributed by atoms with E-state index in [9.17, 15) is 18.0 Å². The maximum Gasteiger partial charge on any atom is 0.416 e. The third-order valence-electron chi connectivity index (χ3n) is 4.17. The summed E-state index contributed by atoms with van der Waals surface area (Å²) in [5.74, 6) is 0.337. The van der Waals surface area contributed by atoms with E-state index in [1.165, 1.54) is 29.7 Å². The molecule has 0 aliphatic carbocycles. The molecule has 0 bridgehead atoms. The van der Waals surface area contributed by atoms with Gasteiger partial charge >= 0.3 is 6.18 Å². The van der Waals surface area contributed by atoms with Crippen LogP contribution in [0.2, 0.25) is 0 Å². The molecule has 0 spiro atoms. The Morgan fingerprint density at radius 2 is 2.04 bits per heavy atom. The molecule has 0 radical (unpaired) electrons. The molecule has 0 N–H and O–H groups in total. The number of rotatable bonds is 7. The highest BCUT2D eigenvalue weighted by Gasteiger charge is 2.33. The van der Waals surface area contributed by atoms with Crippen LogP contribution in [0.3, 0.4) is 0 Å². The van der Waals surface area contributed by atoms with E-state index >= 15 is 0 Å². The van der Waals surface area contributed by atoms with E-state index in [0.29, 0.717) is 17.2 Å². The number of benzene rings is 1. The average molecular weight is 405 g/mol. The molecule has 2 heterocycles. The van der Waals surface area contributed by atoms with Gasteiger partial charge in [0, 0.05) is 25.5 Å². The van der Waals surface area contributed by atoms with Crippen molar-refractivity contribution in [1.29, 1.82) is 0 Å². The lowest BCUT2D eigenvalue weighted by Gasteiger charge is -2.21. The summed E-state index contributed by atoms with van der Waals surface area (Å²) in [6.07, 6.45) is 0.316. The largest absolute Gasteiger partial charge is 0.416 e. The molecule has 3 aromatic rings. The van der Waals surface area contributed by atoms with Crippen LogP contribution in [-0.4, -0.2) is 26.9 Å². The maximum absolute atomic E-state index is 13.3. The summed E-state index contributed by atoms with van der Waals surface area (Å²) in [5, 5.41) is 1.81. The lowest BCUT2D eigenvalue weighted by atomic mass is 10.1. The number of hydrogen-bond acceptors (Lipinski definition) is 3. The second-order valence-electron chi connectivity index (χ2n) is 6.08. The van der Waals surface area contributed by atoms with E-state index < -0.39 is 11.7 Å². The zero-order valence-corrected chi connectivity index (χ0v) is 15.7. The predicted molar refractivity (Wildman–Crippen MR) is 102 cm³/mol. The Morgan fingerprint density at radius 1 is 1.25 bits per heavy atom. The standard InChI is InChI=1S/C20H18F3N3OS/c1-2-10-26(19(27)17-8-5-12-28-17)14-18-24-9-11-25(18)13-15-6-3-4-7-16(15)20(21,22)23/h2-9,11-12H,1,10,13-14H2. The van der Waals surface area contributed by atoms with Gasteiger partial charge in [0.05, 0.1) is 17.0 Å². The number of halogens is 3. The first kappa shape index (κ1) is 19.9. The zero-order valence-electron chi connectivity index (χ0n) is 14.9. The number of thiophene rings is 1. The number of amides is 1. The molecule has 0 atom stereocenters. The minimum Gasteiger partial charge on any atom is -0.329 e. The number of carbonyl (C=O) groups is 1. The highest BCUT2D eigenvalue weighted by atomic mass is 32.1. The molecule has 1 amide bonds. The number of hydrogen-bond donors (Lipinski definition) is 0. The van der Waals surface area contributed by atoms with Crippen LogP contribution in [0.15, 0.2) is 66.8 Å². The van der Waals surface area contributed by atoms with Crippen molar-refractivity contribution in [1.82, 2.24) is 14.5 Å². The van der Waals surface area contributed by atoms with Crippen molar-refractivity contribution in [2.45, 2.75) is 19.3 Å². The third-order valence-corrected chi connectivity index (χ3v) is 5.02. The van der Waals surface area contributed by atoms with Crippen molar-refractivity contribution in [2.75, 3.05) is 6.54 Å². The molecule has 28 heavy (non-hydrogen) atoms. The van der Waals surface area contributed by atoms with Gasteiger partial charge < -0.3 is 9.47 Å². The van der Waals surface area contributed by atoms with Crippen LogP contribution in [0.1, 0.15) is 26.6 Å². The van der Waals surface area contributed by atoms with Crippen molar-refractivity contribution in [3.05, 3.63) is 88.7 Å². The van der Waals surface area contributed by atoms with Crippen LogP contribution >= 0.6 is 11.3 Å². The van der Waals surface area contributed by atoms with Crippen molar-refractivity contribution in [3.8, 4) is 0 Å². The van der Waals surface area contributed by atoms with Gasteiger partial charge in [-0.3, -0.25) is 4.79 Å². The Kier molecular flexibility index (Phi) is 5.99. The Labute approximate surface area is 164 Å². The Hall–Kier alpha value is -2.87. The van der Waals surface area contributed by atoms with Gasteiger partial charge in [-0.05, 0) is 23.1 Å². The fourth-order valence-corrected chi connectivity index (χ4v) is 3.55. The van der Waals surface area contributed by atoms with Crippen LogP contribution in [0.25, 0.3) is 0 Å². The van der Waals surface area contributed by atoms with Crippen LogP contribution in [-0.2, 0) is 19.3 Å². The van der Waals surface area contributed by atoms with Gasteiger partial charge in [0.1, 0.15) is 5.82 Å². The number of nitrogens with zero attached hydrogens (tertiary/aromatic N) is 3. The highest BCUT2D eigenvalue weighted by Crippen LogP contribution is 2.32. The van der Waals surface area contributed by atoms with Crippen molar-refractivity contribution < 1.29 is 18.0 Å². The van der Waals surface area contributed by atoms with Crippen molar-refractivity contribution in [2.24, 2.45) is 0 Å². The molecular weight excluding hydrogens is 387 g/mol. The second-order valence-corrected chi connectivity index (χ2v) is 7.03. The summed E-state index contributed by atoms with van der Waals surface area (Å²) in [7, 11) is 0. The molecule has 0 saturated carbocycles. The molecule has 0 aliphatic heterocycles. The third kappa shape index (κ3) is 4.51. The minimum absolute atomic E-state index is 0.0140. The smallest absolute Gasteiger partial charge is 0.329 e. The van der Waals surface area contributed by atoms with Gasteiger partial charge in [0.25, 0.3) is 5.91 Å². The summed E-state index contributed by atoms with van der Waals surface area (Å²) in [6, 6.07) is 8.98. The van der Waals surface area contributed by atoms with Gasteiger partial charge in [-0.2, -0.15) is 13.2 Å². The summed E-state index contributed by atoms with van der Waals surface area (Å²) in [5.41, 5.74) is -0.527. The molecule has 0 fully saturated rings. The molecule has 0 saturated heterocycles. The maximum atomic E-state index is 13.3. The van der Waals surface area contributed by atoms with E-state index in [4.69, 9.17) is 0 Å². The van der Waals surface area contributed by atoms with E-state index in [2.05, 4.69) is 11.6 Å². The fourth-order valence-electron chi connectivity index (χ4n) is 2.86. The van der Waals surface area contributed by atoms with Gasteiger partial charge in [-0.25, -0.2) is 4.98 Å². The SMILES string of the molecule is C=CCN(Cc1nccn1Cc1ccccc1C(F)(F)F)C(=O)c1cccs1. The monoisotopic (exact) mass is 405 g/mol. The van der Waals surface area contributed by atoms with Crippen LogP contribution < -0.4 is 0 Å². The molecule has 3 rings (SSSR count). The number of alkyl halides is 3. The molecule has 0 aliphatic rings. The van der Waals surface area contributed by atoms with Gasteiger partial charge in [-0.1, -0.05) is 30.3 Å². The molecule has 146 valence electrons. The van der Waals surface area contributed by atoms with Gasteiger partial charge in [0.2, 0.25) is 0 Å². The lowest BCUT2D eigenvalue weighted by Crippen LogP contribution is -2.31. The van der Waals surface area contributed by atoms with Gasteiger partial charge in [0.15, 0.2) is 0 Å². The number of imidazole rings is 1. The van der Waals surface area contributed by atoms with Crippen LogP contribution in [0.4, 0.5) is 13.2 Å². The first-order valence-electron chi connectivity index (χ1n) is 8.49. The second kappa shape index (κ2) is 8.43. The molecular formula is C20H18F3N3OS. The highest BCUT2D eigenvalue weighted by molar-refractivity contribution is 7.12. The van der Waals surface area contributed by atoms with E-state index in [1.807, 2.05) is 5.38 Å². The molecule has 4 nitrogen and oxygen atoms in total. The molecule has 0 unspecified atom stereocenters. The predicted octanol–water partition coefficient (Wildman–Crippen LogP) is 4.84. The Morgan fingerprint density at radius 3 is 2.71 bits per heavy atom. The van der Waals surface area contributed by atoms with E-state index in [-0.39, 0.29) is 24.6 Å². The van der Waals surface area contributed by atoms with E-state index in [1.54, 1.807) is 39.9 Å². The number of carbonyl (C=O) groups excluding carboxylic acids is 1. The first-order chi connectivity index (χ1) is 13.4. The number of aromatic nitrogens is 2. The lowest BCUT2D eigenvalue weighted by molar-refractivity contribution is -0.138. The minimum atomic E-state index is -4.43. The summed E-state index contributed by atoms with van der Waals surface area (Å²) < 4.78 is 41.4. The summed E-state index contributed by atoms with van der Waals surface area (Å²) in [6.45, 7) is 4.17.